The fourth-order valence-corrected chi connectivity index (χ4v) is 2.45. The molecule has 1 aromatic carbocycles. The molecule has 2 N–H and O–H groups in total. The van der Waals surface area contributed by atoms with Gasteiger partial charge in [-0.1, -0.05) is 11.8 Å². The summed E-state index contributed by atoms with van der Waals surface area (Å²) >= 11 is 1.21. The number of ether oxygens (including phenoxy) is 2. The van der Waals surface area contributed by atoms with Gasteiger partial charge in [0.25, 0.3) is 0 Å². The van der Waals surface area contributed by atoms with Crippen LogP contribution in [0.3, 0.4) is 0 Å². The van der Waals surface area contributed by atoms with Gasteiger partial charge < -0.3 is 19.9 Å². The highest BCUT2D eigenvalue weighted by Crippen LogP contribution is 2.26. The van der Waals surface area contributed by atoms with Crippen LogP contribution >= 0.6 is 11.8 Å². The summed E-state index contributed by atoms with van der Waals surface area (Å²) in [6.07, 6.45) is 1.26. The second kappa shape index (κ2) is 8.21. The topological polar surface area (TPSA) is 97.8 Å². The molecular weight excluding hydrogens is 332 g/mol. The Morgan fingerprint density at radius 3 is 2.33 bits per heavy atom. The van der Waals surface area contributed by atoms with E-state index in [1.165, 1.54) is 38.2 Å². The predicted octanol–water partition coefficient (Wildman–Crippen LogP) is 2.53. The Kier molecular flexibility index (Phi) is 6.02. The van der Waals surface area contributed by atoms with Gasteiger partial charge in [0, 0.05) is 30.1 Å². The summed E-state index contributed by atoms with van der Waals surface area (Å²) in [7, 11) is 3.06. The van der Waals surface area contributed by atoms with Crippen molar-refractivity contribution >= 4 is 29.3 Å². The van der Waals surface area contributed by atoms with Crippen LogP contribution in [0.25, 0.3) is 0 Å². The van der Waals surface area contributed by atoms with E-state index in [-0.39, 0.29) is 17.2 Å². The third-order valence-corrected chi connectivity index (χ3v) is 3.91. The standard InChI is InChI=1S/C16H16N2O5S/c1-22-12-5-11(6-13(7-12)23-2)18-14(19)9-24-15-4-3-10(8-17-15)16(20)21/h3-8H,9H2,1-2H3,(H,18,19)(H,20,21). The van der Waals surface area contributed by atoms with E-state index >= 15 is 0 Å². The second-order valence-electron chi connectivity index (χ2n) is 4.63. The van der Waals surface area contributed by atoms with E-state index in [0.29, 0.717) is 22.2 Å². The van der Waals surface area contributed by atoms with Gasteiger partial charge in [-0.15, -0.1) is 0 Å². The number of methoxy groups -OCH3 is 2. The molecule has 0 radical (unpaired) electrons. The molecule has 1 aromatic heterocycles. The lowest BCUT2D eigenvalue weighted by Crippen LogP contribution is -2.14. The van der Waals surface area contributed by atoms with Gasteiger partial charge >= 0.3 is 5.97 Å². The number of aromatic carboxylic acids is 1. The number of carboxylic acids is 1. The first-order chi connectivity index (χ1) is 11.5. The summed E-state index contributed by atoms with van der Waals surface area (Å²) in [5, 5.41) is 12.1. The largest absolute Gasteiger partial charge is 0.497 e. The van der Waals surface area contributed by atoms with E-state index in [9.17, 15) is 9.59 Å². The number of pyridine rings is 1. The molecule has 8 heteroatoms. The molecule has 0 aliphatic carbocycles. The number of carbonyl (C=O) groups is 2. The Morgan fingerprint density at radius 2 is 1.83 bits per heavy atom. The van der Waals surface area contributed by atoms with Crippen molar-refractivity contribution in [3.63, 3.8) is 0 Å². The van der Waals surface area contributed by atoms with Gasteiger partial charge in [0.15, 0.2) is 0 Å². The zero-order chi connectivity index (χ0) is 17.5. The number of rotatable bonds is 7. The lowest BCUT2D eigenvalue weighted by atomic mass is 10.2. The van der Waals surface area contributed by atoms with Gasteiger partial charge in [0.2, 0.25) is 5.91 Å². The lowest BCUT2D eigenvalue weighted by molar-refractivity contribution is -0.113. The van der Waals surface area contributed by atoms with E-state index < -0.39 is 5.97 Å². The normalized spacial score (nSPS) is 10.1. The predicted molar refractivity (Wildman–Crippen MR) is 90.1 cm³/mol. The zero-order valence-electron chi connectivity index (χ0n) is 13.1. The molecule has 0 spiro atoms. The van der Waals surface area contributed by atoms with Crippen molar-refractivity contribution in [3.8, 4) is 11.5 Å². The van der Waals surface area contributed by atoms with E-state index in [2.05, 4.69) is 10.3 Å². The Labute approximate surface area is 143 Å². The maximum atomic E-state index is 12.0. The minimum Gasteiger partial charge on any atom is -0.497 e. The Balaban J connectivity index is 1.94. The molecule has 0 bridgehead atoms. The van der Waals surface area contributed by atoms with Crippen molar-refractivity contribution < 1.29 is 24.2 Å². The molecule has 0 saturated heterocycles. The van der Waals surface area contributed by atoms with Gasteiger partial charge in [-0.3, -0.25) is 4.79 Å². The molecule has 2 aromatic rings. The molecule has 1 heterocycles. The molecular formula is C16H16N2O5S. The van der Waals surface area contributed by atoms with Gasteiger partial charge in [0.05, 0.1) is 30.6 Å². The van der Waals surface area contributed by atoms with Crippen LogP contribution in [-0.4, -0.2) is 41.9 Å². The van der Waals surface area contributed by atoms with Crippen molar-refractivity contribution in [2.24, 2.45) is 0 Å². The highest BCUT2D eigenvalue weighted by Gasteiger charge is 2.08. The maximum Gasteiger partial charge on any atom is 0.337 e. The van der Waals surface area contributed by atoms with Crippen molar-refractivity contribution in [1.29, 1.82) is 0 Å². The third kappa shape index (κ3) is 4.88. The molecule has 0 saturated carbocycles. The number of carboxylic acid groups (broad SMARTS) is 1. The maximum absolute atomic E-state index is 12.0. The van der Waals surface area contributed by atoms with E-state index in [0.717, 1.165) is 0 Å². The van der Waals surface area contributed by atoms with Gasteiger partial charge in [-0.2, -0.15) is 0 Å². The summed E-state index contributed by atoms with van der Waals surface area (Å²) < 4.78 is 10.3. The van der Waals surface area contributed by atoms with Gasteiger partial charge in [0.1, 0.15) is 11.5 Å². The van der Waals surface area contributed by atoms with Crippen LogP contribution in [0.2, 0.25) is 0 Å². The summed E-state index contributed by atoms with van der Waals surface area (Å²) in [6, 6.07) is 8.09. The van der Waals surface area contributed by atoms with Crippen LogP contribution in [0.1, 0.15) is 10.4 Å². The number of carbonyl (C=O) groups excluding carboxylic acids is 1. The van der Waals surface area contributed by atoms with Crippen LogP contribution in [-0.2, 0) is 4.79 Å². The van der Waals surface area contributed by atoms with Crippen LogP contribution < -0.4 is 14.8 Å². The van der Waals surface area contributed by atoms with Gasteiger partial charge in [-0.05, 0) is 12.1 Å². The summed E-state index contributed by atoms with van der Waals surface area (Å²) in [4.78, 5) is 26.8. The zero-order valence-corrected chi connectivity index (χ0v) is 13.9. The Hall–Kier alpha value is -2.74. The first kappa shape index (κ1) is 17.6. The molecule has 7 nitrogen and oxygen atoms in total. The van der Waals surface area contributed by atoms with Crippen molar-refractivity contribution in [3.05, 3.63) is 42.1 Å². The smallest absolute Gasteiger partial charge is 0.337 e. The van der Waals surface area contributed by atoms with Crippen LogP contribution in [0.5, 0.6) is 11.5 Å². The fraction of sp³-hybridized carbons (Fsp3) is 0.188. The number of aromatic nitrogens is 1. The number of anilines is 1. The monoisotopic (exact) mass is 348 g/mol. The van der Waals surface area contributed by atoms with E-state index in [4.69, 9.17) is 14.6 Å². The van der Waals surface area contributed by atoms with Crippen LogP contribution in [0, 0.1) is 0 Å². The molecule has 126 valence electrons. The van der Waals surface area contributed by atoms with E-state index in [1.807, 2.05) is 0 Å². The molecule has 0 aliphatic rings. The highest BCUT2D eigenvalue weighted by atomic mass is 32.2. The Morgan fingerprint density at radius 1 is 1.17 bits per heavy atom. The van der Waals surface area contributed by atoms with Crippen molar-refractivity contribution in [2.45, 2.75) is 5.03 Å². The molecule has 24 heavy (non-hydrogen) atoms. The summed E-state index contributed by atoms with van der Waals surface area (Å²) in [5.41, 5.74) is 0.665. The second-order valence-corrected chi connectivity index (χ2v) is 5.62. The van der Waals surface area contributed by atoms with Crippen molar-refractivity contribution in [2.75, 3.05) is 25.3 Å². The third-order valence-electron chi connectivity index (χ3n) is 2.97. The highest BCUT2D eigenvalue weighted by molar-refractivity contribution is 7.99. The molecule has 0 aliphatic heterocycles. The molecule has 0 atom stereocenters. The number of hydrogen-bond acceptors (Lipinski definition) is 6. The Bertz CT molecular complexity index is 711. The van der Waals surface area contributed by atoms with Crippen molar-refractivity contribution in [1.82, 2.24) is 4.98 Å². The lowest BCUT2D eigenvalue weighted by Gasteiger charge is -2.09. The summed E-state index contributed by atoms with van der Waals surface area (Å²) in [5.74, 6) is 0.0218. The quantitative estimate of drug-likeness (QED) is 0.742. The molecule has 1 amide bonds. The average Bonchev–Trinajstić information content (AvgIpc) is 2.59. The number of benzene rings is 1. The SMILES string of the molecule is COc1cc(NC(=O)CSc2ccc(C(=O)O)cn2)cc(OC)c1. The van der Waals surface area contributed by atoms with Crippen LogP contribution in [0.15, 0.2) is 41.6 Å². The number of nitrogens with one attached hydrogen (secondary N) is 1. The minimum atomic E-state index is -1.04. The molecule has 0 unspecified atom stereocenters. The average molecular weight is 348 g/mol. The molecule has 0 fully saturated rings. The summed E-state index contributed by atoms with van der Waals surface area (Å²) in [6.45, 7) is 0. The first-order valence-electron chi connectivity index (χ1n) is 6.87. The fourth-order valence-electron chi connectivity index (χ4n) is 1.81. The number of nitrogens with zero attached hydrogens (tertiary/aromatic N) is 1. The molecule has 2 rings (SSSR count). The van der Waals surface area contributed by atoms with E-state index in [1.54, 1.807) is 24.3 Å². The number of thioether (sulfide) groups is 1. The first-order valence-corrected chi connectivity index (χ1v) is 7.85. The minimum absolute atomic E-state index is 0.104. The van der Waals surface area contributed by atoms with Crippen LogP contribution in [0.4, 0.5) is 5.69 Å². The van der Waals surface area contributed by atoms with Gasteiger partial charge in [-0.25, -0.2) is 9.78 Å². The number of hydrogen-bond donors (Lipinski definition) is 2. The number of amides is 1.